The number of benzene rings is 1. The standard InChI is InChI=1S/C19H19N3OS2/c1-12-6-7-14(10-13(12)2)15-11-25-17-16(15)18(23)22(3)19(21-17)24-9-5-4-8-20/h6-7,10-11H,4-5,9H2,1-3H3. The van der Waals surface area contributed by atoms with E-state index in [-0.39, 0.29) is 5.56 Å². The van der Waals surface area contributed by atoms with Crippen LogP contribution in [0.2, 0.25) is 0 Å². The first-order valence-corrected chi connectivity index (χ1v) is 9.95. The molecule has 6 heteroatoms. The maximum Gasteiger partial charge on any atom is 0.263 e. The molecular weight excluding hydrogens is 350 g/mol. The zero-order valence-corrected chi connectivity index (χ0v) is 16.1. The molecule has 0 atom stereocenters. The maximum atomic E-state index is 12.9. The number of aryl methyl sites for hydroxylation is 2. The minimum absolute atomic E-state index is 0.0118. The van der Waals surface area contributed by atoms with Crippen LogP contribution in [-0.4, -0.2) is 15.3 Å². The number of thiophene rings is 1. The van der Waals surface area contributed by atoms with Crippen molar-refractivity contribution in [3.05, 3.63) is 45.1 Å². The zero-order valence-electron chi connectivity index (χ0n) is 14.5. The molecule has 0 aliphatic rings. The number of nitrogens with zero attached hydrogens (tertiary/aromatic N) is 3. The number of rotatable bonds is 5. The summed E-state index contributed by atoms with van der Waals surface area (Å²) in [7, 11) is 1.77. The van der Waals surface area contributed by atoms with E-state index in [1.54, 1.807) is 11.6 Å². The predicted molar refractivity (Wildman–Crippen MR) is 105 cm³/mol. The first kappa shape index (κ1) is 17.7. The third-order valence-electron chi connectivity index (χ3n) is 4.26. The van der Waals surface area contributed by atoms with E-state index < -0.39 is 0 Å². The molecule has 0 saturated heterocycles. The average Bonchev–Trinajstić information content (AvgIpc) is 3.02. The van der Waals surface area contributed by atoms with Crippen LogP contribution in [0.25, 0.3) is 21.3 Å². The zero-order chi connectivity index (χ0) is 18.0. The van der Waals surface area contributed by atoms with E-state index >= 15 is 0 Å². The highest BCUT2D eigenvalue weighted by Gasteiger charge is 2.16. The number of thioether (sulfide) groups is 1. The molecule has 3 rings (SSSR count). The lowest BCUT2D eigenvalue weighted by Gasteiger charge is -2.08. The van der Waals surface area contributed by atoms with Crippen LogP contribution < -0.4 is 5.56 Å². The van der Waals surface area contributed by atoms with Crippen molar-refractivity contribution < 1.29 is 0 Å². The fourth-order valence-electron chi connectivity index (χ4n) is 2.62. The van der Waals surface area contributed by atoms with Crippen molar-refractivity contribution in [2.75, 3.05) is 5.75 Å². The summed E-state index contributed by atoms with van der Waals surface area (Å²) in [6.45, 7) is 4.17. The topological polar surface area (TPSA) is 58.7 Å². The van der Waals surface area contributed by atoms with Gasteiger partial charge in [0, 0.05) is 30.2 Å². The quantitative estimate of drug-likeness (QED) is 0.372. The molecule has 0 saturated carbocycles. The minimum Gasteiger partial charge on any atom is -0.290 e. The van der Waals surface area contributed by atoms with Crippen LogP contribution in [0, 0.1) is 25.2 Å². The highest BCUT2D eigenvalue weighted by Crippen LogP contribution is 2.33. The van der Waals surface area contributed by atoms with Gasteiger partial charge in [-0.2, -0.15) is 5.26 Å². The Hall–Kier alpha value is -2.10. The van der Waals surface area contributed by atoms with Crippen molar-refractivity contribution in [3.8, 4) is 17.2 Å². The minimum atomic E-state index is -0.0118. The van der Waals surface area contributed by atoms with Crippen LogP contribution >= 0.6 is 23.1 Å². The largest absolute Gasteiger partial charge is 0.290 e. The molecular formula is C19H19N3OS2. The molecule has 0 fully saturated rings. The van der Waals surface area contributed by atoms with Crippen LogP contribution in [0.1, 0.15) is 24.0 Å². The molecule has 0 amide bonds. The lowest BCUT2D eigenvalue weighted by atomic mass is 10.0. The van der Waals surface area contributed by atoms with Crippen LogP contribution in [0.4, 0.5) is 0 Å². The molecule has 0 aliphatic heterocycles. The van der Waals surface area contributed by atoms with Crippen molar-refractivity contribution in [1.29, 1.82) is 5.26 Å². The van der Waals surface area contributed by atoms with Crippen LogP contribution in [0.15, 0.2) is 33.5 Å². The van der Waals surface area contributed by atoms with Crippen LogP contribution in [0.3, 0.4) is 0 Å². The van der Waals surface area contributed by atoms with E-state index in [0.29, 0.717) is 17.0 Å². The summed E-state index contributed by atoms with van der Waals surface area (Å²) in [4.78, 5) is 18.4. The van der Waals surface area contributed by atoms with Crippen LogP contribution in [-0.2, 0) is 7.05 Å². The molecule has 0 aliphatic carbocycles. The maximum absolute atomic E-state index is 12.9. The third kappa shape index (κ3) is 3.48. The molecule has 4 nitrogen and oxygen atoms in total. The van der Waals surface area contributed by atoms with E-state index in [0.717, 1.165) is 28.1 Å². The van der Waals surface area contributed by atoms with Gasteiger partial charge in [-0.25, -0.2) is 4.98 Å². The highest BCUT2D eigenvalue weighted by molar-refractivity contribution is 7.99. The Kier molecular flexibility index (Phi) is 5.26. The van der Waals surface area contributed by atoms with Gasteiger partial charge in [-0.1, -0.05) is 30.0 Å². The molecule has 0 N–H and O–H groups in total. The van der Waals surface area contributed by atoms with E-state index in [1.165, 1.54) is 34.2 Å². The second-order valence-corrected chi connectivity index (χ2v) is 7.92. The smallest absolute Gasteiger partial charge is 0.263 e. The number of hydrogen-bond acceptors (Lipinski definition) is 5. The number of hydrogen-bond donors (Lipinski definition) is 0. The summed E-state index contributed by atoms with van der Waals surface area (Å²) in [6.07, 6.45) is 1.33. The fourth-order valence-corrected chi connectivity index (χ4v) is 4.52. The van der Waals surface area contributed by atoms with Gasteiger partial charge in [-0.3, -0.25) is 9.36 Å². The van der Waals surface area contributed by atoms with Crippen molar-refractivity contribution in [2.45, 2.75) is 31.8 Å². The van der Waals surface area contributed by atoms with Gasteiger partial charge < -0.3 is 0 Å². The first-order chi connectivity index (χ1) is 12.0. The second kappa shape index (κ2) is 7.42. The summed E-state index contributed by atoms with van der Waals surface area (Å²) in [5.41, 5.74) is 4.46. The summed E-state index contributed by atoms with van der Waals surface area (Å²) >= 11 is 3.04. The monoisotopic (exact) mass is 369 g/mol. The first-order valence-electron chi connectivity index (χ1n) is 8.08. The Morgan fingerprint density at radius 2 is 2.12 bits per heavy atom. The van der Waals surface area contributed by atoms with E-state index in [1.807, 2.05) is 5.38 Å². The Balaban J connectivity index is 2.04. The normalized spacial score (nSPS) is 11.0. The molecule has 3 aromatic rings. The number of aromatic nitrogens is 2. The Morgan fingerprint density at radius 1 is 1.32 bits per heavy atom. The van der Waals surface area contributed by atoms with Crippen molar-refractivity contribution in [3.63, 3.8) is 0 Å². The summed E-state index contributed by atoms with van der Waals surface area (Å²) < 4.78 is 1.62. The van der Waals surface area contributed by atoms with Gasteiger partial charge in [0.25, 0.3) is 5.56 Å². The molecule has 0 bridgehead atoms. The van der Waals surface area contributed by atoms with Crippen LogP contribution in [0.5, 0.6) is 0 Å². The molecule has 2 heterocycles. The lowest BCUT2D eigenvalue weighted by molar-refractivity contribution is 0.727. The molecule has 2 aromatic heterocycles. The summed E-state index contributed by atoms with van der Waals surface area (Å²) in [5, 5.41) is 12.0. The summed E-state index contributed by atoms with van der Waals surface area (Å²) in [5.74, 6) is 0.786. The van der Waals surface area contributed by atoms with E-state index in [2.05, 4.69) is 43.1 Å². The van der Waals surface area contributed by atoms with Gasteiger partial charge in [0.15, 0.2) is 5.16 Å². The number of nitriles is 1. The Bertz CT molecular complexity index is 1030. The van der Waals surface area contributed by atoms with E-state index in [9.17, 15) is 4.79 Å². The van der Waals surface area contributed by atoms with Gasteiger partial charge in [0.1, 0.15) is 4.83 Å². The third-order valence-corrected chi connectivity index (χ3v) is 6.24. The van der Waals surface area contributed by atoms with Gasteiger partial charge in [0.2, 0.25) is 0 Å². The molecule has 0 unspecified atom stereocenters. The molecule has 0 radical (unpaired) electrons. The highest BCUT2D eigenvalue weighted by atomic mass is 32.2. The van der Waals surface area contributed by atoms with Crippen molar-refractivity contribution >= 4 is 33.3 Å². The molecule has 25 heavy (non-hydrogen) atoms. The number of fused-ring (bicyclic) bond motifs is 1. The summed E-state index contributed by atoms with van der Waals surface area (Å²) in [6, 6.07) is 8.42. The average molecular weight is 370 g/mol. The van der Waals surface area contributed by atoms with Gasteiger partial charge in [-0.05, 0) is 37.0 Å². The van der Waals surface area contributed by atoms with Crippen molar-refractivity contribution in [1.82, 2.24) is 9.55 Å². The predicted octanol–water partition coefficient (Wildman–Crippen LogP) is 4.67. The fraction of sp³-hybridized carbons (Fsp3) is 0.316. The Morgan fingerprint density at radius 3 is 2.84 bits per heavy atom. The SMILES string of the molecule is Cc1ccc(-c2csc3nc(SCCCC#N)n(C)c(=O)c23)cc1C. The lowest BCUT2D eigenvalue weighted by Crippen LogP contribution is -2.19. The second-order valence-electron chi connectivity index (χ2n) is 6.00. The van der Waals surface area contributed by atoms with Gasteiger partial charge in [-0.15, -0.1) is 11.3 Å². The molecule has 128 valence electrons. The molecule has 1 aromatic carbocycles. The van der Waals surface area contributed by atoms with Gasteiger partial charge >= 0.3 is 0 Å². The van der Waals surface area contributed by atoms with Crippen molar-refractivity contribution in [2.24, 2.45) is 7.05 Å². The number of unbranched alkanes of at least 4 members (excludes halogenated alkanes) is 1. The van der Waals surface area contributed by atoms with Gasteiger partial charge in [0.05, 0.1) is 11.5 Å². The van der Waals surface area contributed by atoms with E-state index in [4.69, 9.17) is 5.26 Å². The Labute approximate surface area is 155 Å². The molecule has 0 spiro atoms.